The number of rotatable bonds is 4. The first kappa shape index (κ1) is 18.1. The number of nitro groups is 1. The summed E-state index contributed by atoms with van der Waals surface area (Å²) in [5.74, 6) is -0.704. The molecule has 0 radical (unpaired) electrons. The van der Waals surface area contributed by atoms with E-state index >= 15 is 0 Å². The Kier molecular flexibility index (Phi) is 5.16. The van der Waals surface area contributed by atoms with Crippen molar-refractivity contribution in [3.8, 4) is 0 Å². The number of alkyl halides is 3. The smallest absolute Gasteiger partial charge is 0.267 e. The predicted octanol–water partition coefficient (Wildman–Crippen LogP) is 3.69. The molecule has 0 aromatic heterocycles. The first-order chi connectivity index (χ1) is 11.7. The minimum Gasteiger partial charge on any atom is -0.267 e. The molecule has 0 aliphatic heterocycles. The average Bonchev–Trinajstić information content (AvgIpc) is 2.54. The largest absolute Gasteiger partial charge is 0.416 e. The van der Waals surface area contributed by atoms with Crippen LogP contribution in [0, 0.1) is 17.0 Å². The molecule has 2 aromatic carbocycles. The van der Waals surface area contributed by atoms with Gasteiger partial charge < -0.3 is 0 Å². The molecule has 0 saturated carbocycles. The summed E-state index contributed by atoms with van der Waals surface area (Å²) < 4.78 is 37.9. The van der Waals surface area contributed by atoms with Gasteiger partial charge in [-0.25, -0.2) is 5.43 Å². The monoisotopic (exact) mass is 351 g/mol. The predicted molar refractivity (Wildman–Crippen MR) is 84.3 cm³/mol. The van der Waals surface area contributed by atoms with Gasteiger partial charge in [0.05, 0.1) is 22.3 Å². The fourth-order valence-electron chi connectivity index (χ4n) is 2.09. The Morgan fingerprint density at radius 1 is 1.24 bits per heavy atom. The lowest BCUT2D eigenvalue weighted by molar-refractivity contribution is -0.385. The molecule has 0 fully saturated rings. The number of amides is 1. The van der Waals surface area contributed by atoms with Crippen LogP contribution in [0.25, 0.3) is 0 Å². The summed E-state index contributed by atoms with van der Waals surface area (Å²) in [6, 6.07) is 8.42. The van der Waals surface area contributed by atoms with Crippen LogP contribution in [0.15, 0.2) is 47.6 Å². The zero-order valence-corrected chi connectivity index (χ0v) is 12.9. The van der Waals surface area contributed by atoms with Crippen LogP contribution in [0.3, 0.4) is 0 Å². The zero-order chi connectivity index (χ0) is 18.6. The van der Waals surface area contributed by atoms with Gasteiger partial charge >= 0.3 is 6.18 Å². The van der Waals surface area contributed by atoms with Crippen LogP contribution in [0.4, 0.5) is 18.9 Å². The summed E-state index contributed by atoms with van der Waals surface area (Å²) in [7, 11) is 0. The molecule has 0 unspecified atom stereocenters. The van der Waals surface area contributed by atoms with Crippen LogP contribution in [0.5, 0.6) is 0 Å². The number of hydrogen-bond acceptors (Lipinski definition) is 4. The molecule has 25 heavy (non-hydrogen) atoms. The van der Waals surface area contributed by atoms with Gasteiger partial charge in [-0.1, -0.05) is 18.2 Å². The van der Waals surface area contributed by atoms with Crippen molar-refractivity contribution in [1.82, 2.24) is 5.43 Å². The second-order valence-electron chi connectivity index (χ2n) is 5.03. The Bertz CT molecular complexity index is 848. The Morgan fingerprint density at radius 3 is 2.56 bits per heavy atom. The van der Waals surface area contributed by atoms with Gasteiger partial charge in [0.2, 0.25) is 0 Å². The third-order valence-corrected chi connectivity index (χ3v) is 3.34. The number of hydrazone groups is 1. The molecule has 0 bridgehead atoms. The molecule has 6 nitrogen and oxygen atoms in total. The molecule has 0 saturated heterocycles. The lowest BCUT2D eigenvalue weighted by Crippen LogP contribution is -2.19. The standard InChI is InChI=1S/C16H12F3N3O3/c1-10-13(6-3-7-14(10)22(24)25)15(23)21-20-9-11-4-2-5-12(8-11)16(17,18)19/h2-9H,1H3,(H,21,23)/b20-9-. The lowest BCUT2D eigenvalue weighted by Gasteiger charge is -2.06. The van der Waals surface area contributed by atoms with Crippen LogP contribution in [-0.2, 0) is 6.18 Å². The van der Waals surface area contributed by atoms with Gasteiger partial charge in [-0.3, -0.25) is 14.9 Å². The number of hydrogen-bond donors (Lipinski definition) is 1. The highest BCUT2D eigenvalue weighted by Gasteiger charge is 2.30. The zero-order valence-electron chi connectivity index (χ0n) is 12.9. The molecule has 1 amide bonds. The summed E-state index contributed by atoms with van der Waals surface area (Å²) >= 11 is 0. The molecular weight excluding hydrogens is 339 g/mol. The van der Waals surface area contributed by atoms with Crippen molar-refractivity contribution in [3.05, 3.63) is 74.8 Å². The Morgan fingerprint density at radius 2 is 1.92 bits per heavy atom. The molecule has 9 heteroatoms. The molecule has 0 spiro atoms. The van der Waals surface area contributed by atoms with E-state index < -0.39 is 22.6 Å². The average molecular weight is 351 g/mol. The van der Waals surface area contributed by atoms with E-state index in [1.807, 2.05) is 0 Å². The van der Waals surface area contributed by atoms with E-state index in [0.29, 0.717) is 0 Å². The maximum absolute atomic E-state index is 12.6. The number of benzene rings is 2. The third-order valence-electron chi connectivity index (χ3n) is 3.34. The van der Waals surface area contributed by atoms with Crippen molar-refractivity contribution in [1.29, 1.82) is 0 Å². The first-order valence-corrected chi connectivity index (χ1v) is 6.95. The van der Waals surface area contributed by atoms with E-state index in [4.69, 9.17) is 0 Å². The van der Waals surface area contributed by atoms with Crippen molar-refractivity contribution < 1.29 is 22.9 Å². The van der Waals surface area contributed by atoms with Crippen molar-refractivity contribution in [2.75, 3.05) is 0 Å². The summed E-state index contributed by atoms with van der Waals surface area (Å²) in [6.45, 7) is 1.42. The first-order valence-electron chi connectivity index (χ1n) is 6.95. The minimum atomic E-state index is -4.48. The lowest BCUT2D eigenvalue weighted by atomic mass is 10.1. The van der Waals surface area contributed by atoms with Gasteiger partial charge in [0, 0.05) is 11.6 Å². The summed E-state index contributed by atoms with van der Waals surface area (Å²) in [5, 5.41) is 14.5. The number of nitrogens with one attached hydrogen (secondary N) is 1. The van der Waals surface area contributed by atoms with Gasteiger partial charge in [-0.15, -0.1) is 0 Å². The van der Waals surface area contributed by atoms with Crippen LogP contribution < -0.4 is 5.43 Å². The molecule has 0 atom stereocenters. The molecule has 2 aromatic rings. The number of nitrogens with zero attached hydrogens (tertiary/aromatic N) is 2. The van der Waals surface area contributed by atoms with Gasteiger partial charge in [-0.05, 0) is 30.7 Å². The Hall–Kier alpha value is -3.23. The van der Waals surface area contributed by atoms with Gasteiger partial charge in [0.1, 0.15) is 0 Å². The maximum Gasteiger partial charge on any atom is 0.416 e. The third kappa shape index (κ3) is 4.40. The molecule has 0 aliphatic carbocycles. The molecule has 130 valence electrons. The number of nitro benzene ring substituents is 1. The second kappa shape index (κ2) is 7.12. The maximum atomic E-state index is 12.6. The van der Waals surface area contributed by atoms with E-state index in [1.165, 1.54) is 37.3 Å². The molecule has 1 N–H and O–H groups in total. The Labute approximate surface area is 140 Å². The van der Waals surface area contributed by atoms with Crippen LogP contribution in [0.2, 0.25) is 0 Å². The summed E-state index contributed by atoms with van der Waals surface area (Å²) in [6.07, 6.45) is -3.42. The van der Waals surface area contributed by atoms with Crippen LogP contribution in [-0.4, -0.2) is 17.0 Å². The number of carbonyl (C=O) groups is 1. The minimum absolute atomic E-state index is 0.0513. The van der Waals surface area contributed by atoms with E-state index in [9.17, 15) is 28.1 Å². The summed E-state index contributed by atoms with van der Waals surface area (Å²) in [5.41, 5.74) is 1.45. The quantitative estimate of drug-likeness (QED) is 0.518. The van der Waals surface area contributed by atoms with Crippen molar-refractivity contribution >= 4 is 17.8 Å². The SMILES string of the molecule is Cc1c(C(=O)N/N=C\c2cccc(C(F)(F)F)c2)cccc1[N+](=O)[O-]. The Balaban J connectivity index is 2.14. The van der Waals surface area contributed by atoms with Gasteiger partial charge in [-0.2, -0.15) is 18.3 Å². The van der Waals surface area contributed by atoms with E-state index in [2.05, 4.69) is 10.5 Å². The van der Waals surface area contributed by atoms with E-state index in [0.717, 1.165) is 18.3 Å². The summed E-state index contributed by atoms with van der Waals surface area (Å²) in [4.78, 5) is 22.3. The fourth-order valence-corrected chi connectivity index (χ4v) is 2.09. The molecule has 0 heterocycles. The highest BCUT2D eigenvalue weighted by atomic mass is 19.4. The molecular formula is C16H12F3N3O3. The number of carbonyl (C=O) groups excluding carboxylic acids is 1. The second-order valence-corrected chi connectivity index (χ2v) is 5.03. The highest BCUT2D eigenvalue weighted by molar-refractivity contribution is 5.97. The van der Waals surface area contributed by atoms with Gasteiger partial charge in [0.25, 0.3) is 11.6 Å². The van der Waals surface area contributed by atoms with E-state index in [-0.39, 0.29) is 22.4 Å². The van der Waals surface area contributed by atoms with Crippen molar-refractivity contribution in [3.63, 3.8) is 0 Å². The highest BCUT2D eigenvalue weighted by Crippen LogP contribution is 2.29. The normalized spacial score (nSPS) is 11.5. The topological polar surface area (TPSA) is 84.6 Å². The number of halogens is 3. The molecule has 0 aliphatic rings. The van der Waals surface area contributed by atoms with E-state index in [1.54, 1.807) is 0 Å². The molecule has 2 rings (SSSR count). The van der Waals surface area contributed by atoms with Crippen molar-refractivity contribution in [2.24, 2.45) is 5.10 Å². The van der Waals surface area contributed by atoms with Crippen molar-refractivity contribution in [2.45, 2.75) is 13.1 Å². The van der Waals surface area contributed by atoms with Crippen LogP contribution in [0.1, 0.15) is 27.0 Å². The fraction of sp³-hybridized carbons (Fsp3) is 0.125. The van der Waals surface area contributed by atoms with Gasteiger partial charge in [0.15, 0.2) is 0 Å². The van der Waals surface area contributed by atoms with Crippen LogP contribution >= 0.6 is 0 Å².